The van der Waals surface area contributed by atoms with Gasteiger partial charge in [-0.2, -0.15) is 9.97 Å². The number of fused-ring (bicyclic) bond motifs is 3. The van der Waals surface area contributed by atoms with Crippen molar-refractivity contribution in [2.45, 2.75) is 49.5 Å². The molecule has 0 radical (unpaired) electrons. The maximum absolute atomic E-state index is 16.6. The summed E-state index contributed by atoms with van der Waals surface area (Å²) in [5.74, 6) is 1.15. The van der Waals surface area contributed by atoms with E-state index in [1.807, 2.05) is 11.9 Å². The molecule has 3 aliphatic rings. The number of rotatable bonds is 7. The molecule has 0 unspecified atom stereocenters. The molecule has 0 bridgehead atoms. The lowest BCUT2D eigenvalue weighted by molar-refractivity contribution is 0.107. The Morgan fingerprint density at radius 2 is 2.09 bits per heavy atom. The van der Waals surface area contributed by atoms with Gasteiger partial charge in [-0.1, -0.05) is 12.0 Å². The van der Waals surface area contributed by atoms with Crippen LogP contribution < -0.4 is 9.64 Å². The largest absolute Gasteiger partial charge is 0.508 e. The van der Waals surface area contributed by atoms with E-state index in [1.54, 1.807) is 7.11 Å². The Kier molecular flexibility index (Phi) is 6.59. The molecule has 4 aromatic rings. The number of benzene rings is 2. The highest BCUT2D eigenvalue weighted by atomic mass is 19.1. The molecule has 1 aliphatic carbocycles. The molecule has 11 heteroatoms. The molecule has 1 N–H and O–H groups in total. The molecule has 4 atom stereocenters. The molecule has 2 aromatic carbocycles. The Balaban J connectivity index is 1.37. The average molecular weight is 590 g/mol. The Bertz CT molecular complexity index is 1810. The monoisotopic (exact) mass is 589 g/mol. The zero-order valence-electron chi connectivity index (χ0n) is 23.8. The third-order valence-corrected chi connectivity index (χ3v) is 9.16. The van der Waals surface area contributed by atoms with Gasteiger partial charge in [-0.3, -0.25) is 9.88 Å². The van der Waals surface area contributed by atoms with Crippen LogP contribution in [0.3, 0.4) is 0 Å². The summed E-state index contributed by atoms with van der Waals surface area (Å²) >= 11 is 0. The van der Waals surface area contributed by atoms with E-state index in [0.717, 1.165) is 25.8 Å². The lowest BCUT2D eigenvalue weighted by atomic mass is 9.95. The minimum absolute atomic E-state index is 0.00175. The maximum Gasteiger partial charge on any atom is 0.319 e. The van der Waals surface area contributed by atoms with Crippen molar-refractivity contribution in [2.24, 2.45) is 0 Å². The van der Waals surface area contributed by atoms with Crippen LogP contribution in [0.15, 0.2) is 30.5 Å². The summed E-state index contributed by atoms with van der Waals surface area (Å²) in [7, 11) is 3.48. The molecule has 2 aliphatic heterocycles. The number of aromatic hydroxyl groups is 1. The van der Waals surface area contributed by atoms with Gasteiger partial charge in [0.05, 0.1) is 28.6 Å². The highest BCUT2D eigenvalue weighted by molar-refractivity contribution is 6.03. The minimum atomic E-state index is -0.926. The van der Waals surface area contributed by atoms with Crippen LogP contribution in [0.5, 0.6) is 11.8 Å². The normalized spacial score (nSPS) is 24.8. The van der Waals surface area contributed by atoms with Gasteiger partial charge in [-0.05, 0) is 49.4 Å². The van der Waals surface area contributed by atoms with Crippen LogP contribution in [0.1, 0.15) is 31.2 Å². The second kappa shape index (κ2) is 10.2. The van der Waals surface area contributed by atoms with Crippen molar-refractivity contribution in [3.63, 3.8) is 0 Å². The highest BCUT2D eigenvalue weighted by Gasteiger charge is 2.49. The first kappa shape index (κ1) is 27.7. The number of likely N-dealkylation sites (N-methyl/N-ethyl adjacent to an activating group) is 1. The molecule has 3 fully saturated rings. The van der Waals surface area contributed by atoms with Crippen molar-refractivity contribution in [3.05, 3.63) is 47.7 Å². The van der Waals surface area contributed by atoms with Crippen molar-refractivity contribution in [3.8, 4) is 35.4 Å². The number of anilines is 1. The first-order chi connectivity index (χ1) is 20.7. The van der Waals surface area contributed by atoms with Crippen molar-refractivity contribution in [1.29, 1.82) is 0 Å². The fourth-order valence-electron chi connectivity index (χ4n) is 6.92. The zero-order valence-corrected chi connectivity index (χ0v) is 23.8. The number of halogens is 3. The Morgan fingerprint density at radius 3 is 2.86 bits per heavy atom. The standard InChI is InChI=1S/C32H30F3N5O3/c1-4-20-23(34)7-6-17-10-19(41)11-21(26(17)20)28-27(35)29-22(14-36-28)30(39(2)24-12-25(24)42-3)38-31(37-29)43-16-32-8-5-9-40(32)15-18(33)13-32/h1,6-7,10-11,14,18,24-25,41H,5,8-9,12-13,15-16H2,2-3H3/t18-,24+,25+,32+/m1/s1. The van der Waals surface area contributed by atoms with Gasteiger partial charge in [0.2, 0.25) is 0 Å². The van der Waals surface area contributed by atoms with Crippen LogP contribution in [0.2, 0.25) is 0 Å². The van der Waals surface area contributed by atoms with Gasteiger partial charge < -0.3 is 19.5 Å². The van der Waals surface area contributed by atoms with Crippen LogP contribution in [-0.4, -0.2) is 82.7 Å². The van der Waals surface area contributed by atoms with Crippen LogP contribution in [0, 0.1) is 24.0 Å². The molecule has 0 amide bonds. The quantitative estimate of drug-likeness (QED) is 0.302. The Labute approximate surface area is 246 Å². The van der Waals surface area contributed by atoms with Crippen LogP contribution in [0.4, 0.5) is 19.0 Å². The summed E-state index contributed by atoms with van der Waals surface area (Å²) in [6.07, 6.45) is 9.06. The first-order valence-corrected chi connectivity index (χ1v) is 14.3. The van der Waals surface area contributed by atoms with Crippen molar-refractivity contribution < 1.29 is 27.8 Å². The number of alkyl halides is 1. The van der Waals surface area contributed by atoms with E-state index in [9.17, 15) is 13.9 Å². The Hall–Kier alpha value is -4.14. The lowest BCUT2D eigenvalue weighted by Crippen LogP contribution is -2.43. The number of aromatic nitrogens is 3. The number of nitrogens with zero attached hydrogens (tertiary/aromatic N) is 5. The number of phenolic OH excluding ortho intramolecular Hbond substituents is 1. The second-order valence-electron chi connectivity index (χ2n) is 11.7. The summed E-state index contributed by atoms with van der Waals surface area (Å²) in [6.45, 7) is 1.35. The van der Waals surface area contributed by atoms with E-state index in [4.69, 9.17) is 15.9 Å². The number of hydrogen-bond donors (Lipinski definition) is 1. The third kappa shape index (κ3) is 4.51. The second-order valence-corrected chi connectivity index (χ2v) is 11.7. The average Bonchev–Trinajstić information content (AvgIpc) is 3.59. The van der Waals surface area contributed by atoms with Gasteiger partial charge >= 0.3 is 6.01 Å². The van der Waals surface area contributed by atoms with Gasteiger partial charge in [0, 0.05) is 44.3 Å². The summed E-state index contributed by atoms with van der Waals surface area (Å²) in [6, 6.07) is 5.38. The molecule has 8 nitrogen and oxygen atoms in total. The number of hydrogen-bond acceptors (Lipinski definition) is 8. The molecule has 222 valence electrons. The van der Waals surface area contributed by atoms with Gasteiger partial charge in [0.25, 0.3) is 0 Å². The molecule has 0 spiro atoms. The Morgan fingerprint density at radius 1 is 1.26 bits per heavy atom. The van der Waals surface area contributed by atoms with Crippen LogP contribution in [0.25, 0.3) is 32.9 Å². The molecular weight excluding hydrogens is 559 g/mol. The lowest BCUT2D eigenvalue weighted by Gasteiger charge is -2.31. The van der Waals surface area contributed by atoms with Gasteiger partial charge in [-0.15, -0.1) is 6.42 Å². The van der Waals surface area contributed by atoms with E-state index in [0.29, 0.717) is 29.6 Å². The number of ether oxygens (including phenoxy) is 2. The van der Waals surface area contributed by atoms with Crippen molar-refractivity contribution >= 4 is 27.5 Å². The smallest absolute Gasteiger partial charge is 0.319 e. The van der Waals surface area contributed by atoms with Gasteiger partial charge in [0.1, 0.15) is 41.4 Å². The van der Waals surface area contributed by atoms with E-state index in [2.05, 4.69) is 25.8 Å². The summed E-state index contributed by atoms with van der Waals surface area (Å²) < 4.78 is 57.4. The van der Waals surface area contributed by atoms with Crippen LogP contribution in [-0.2, 0) is 4.74 Å². The molecule has 4 heterocycles. The molecule has 43 heavy (non-hydrogen) atoms. The third-order valence-electron chi connectivity index (χ3n) is 9.16. The maximum atomic E-state index is 16.6. The first-order valence-electron chi connectivity index (χ1n) is 14.3. The zero-order chi connectivity index (χ0) is 30.0. The summed E-state index contributed by atoms with van der Waals surface area (Å²) in [4.78, 5) is 17.6. The highest BCUT2D eigenvalue weighted by Crippen LogP contribution is 2.42. The molecule has 1 saturated carbocycles. The van der Waals surface area contributed by atoms with Gasteiger partial charge in [-0.25, -0.2) is 13.2 Å². The number of terminal acetylenes is 1. The fraction of sp³-hybridized carbons (Fsp3) is 0.406. The molecule has 2 aromatic heterocycles. The van der Waals surface area contributed by atoms with Gasteiger partial charge in [0.15, 0.2) is 5.82 Å². The van der Waals surface area contributed by atoms with E-state index < -0.39 is 23.3 Å². The predicted octanol–water partition coefficient (Wildman–Crippen LogP) is 4.99. The summed E-state index contributed by atoms with van der Waals surface area (Å²) in [5, 5.41) is 11.5. The predicted molar refractivity (Wildman–Crippen MR) is 156 cm³/mol. The molecular formula is C32H30F3N5O3. The number of methoxy groups -OCH3 is 1. The SMILES string of the molecule is C#Cc1c(F)ccc2cc(O)cc(-c3ncc4c(N(C)[C@H]5C[C@@H]5OC)nc(OC[C@@]56CCCN5C[C@H](F)C6)nc4c3F)c12. The van der Waals surface area contributed by atoms with Crippen LogP contribution >= 0.6 is 0 Å². The fourth-order valence-corrected chi connectivity index (χ4v) is 6.92. The van der Waals surface area contributed by atoms with E-state index in [1.165, 1.54) is 30.5 Å². The van der Waals surface area contributed by atoms with E-state index in [-0.39, 0.29) is 58.2 Å². The molecule has 2 saturated heterocycles. The minimum Gasteiger partial charge on any atom is -0.508 e. The van der Waals surface area contributed by atoms with Crippen molar-refractivity contribution in [2.75, 3.05) is 38.8 Å². The summed E-state index contributed by atoms with van der Waals surface area (Å²) in [5.41, 5.74) is -0.605. The van der Waals surface area contributed by atoms with Crippen molar-refractivity contribution in [1.82, 2.24) is 19.9 Å². The number of phenols is 1. The topological polar surface area (TPSA) is 83.8 Å². The number of pyridine rings is 1. The van der Waals surface area contributed by atoms with E-state index >= 15 is 4.39 Å². The molecule has 7 rings (SSSR count).